The van der Waals surface area contributed by atoms with Crippen molar-refractivity contribution in [3.8, 4) is 11.3 Å². The van der Waals surface area contributed by atoms with Gasteiger partial charge in [-0.1, -0.05) is 11.6 Å². The molecule has 0 fully saturated rings. The Hall–Kier alpha value is -1.94. The van der Waals surface area contributed by atoms with Crippen LogP contribution in [0.3, 0.4) is 0 Å². The molecule has 3 heterocycles. The first kappa shape index (κ1) is 10.2. The normalized spacial score (nSPS) is 10.9. The molecule has 3 rings (SSSR count). The van der Waals surface area contributed by atoms with Crippen molar-refractivity contribution in [2.45, 2.75) is 6.92 Å². The van der Waals surface area contributed by atoms with E-state index in [-0.39, 0.29) is 0 Å². The van der Waals surface area contributed by atoms with Crippen LogP contribution in [0.15, 0.2) is 36.8 Å². The molecule has 0 aliphatic carbocycles. The molecule has 0 aliphatic rings. The van der Waals surface area contributed by atoms with E-state index < -0.39 is 0 Å². The molecule has 0 aromatic carbocycles. The van der Waals surface area contributed by atoms with Crippen molar-refractivity contribution < 1.29 is 0 Å². The molecule has 0 spiro atoms. The van der Waals surface area contributed by atoms with E-state index in [1.807, 2.05) is 25.1 Å². The molecule has 17 heavy (non-hydrogen) atoms. The summed E-state index contributed by atoms with van der Waals surface area (Å²) in [5, 5.41) is 4.98. The second kappa shape index (κ2) is 3.82. The SMILES string of the molecule is Cc1nn2c(-c3cccnc3)ccnc2c1Cl. The summed E-state index contributed by atoms with van der Waals surface area (Å²) in [6.45, 7) is 1.87. The first-order valence-electron chi connectivity index (χ1n) is 5.17. The molecule has 3 aromatic rings. The molecule has 0 aliphatic heterocycles. The highest BCUT2D eigenvalue weighted by atomic mass is 35.5. The molecule has 0 amide bonds. The van der Waals surface area contributed by atoms with Crippen molar-refractivity contribution in [3.63, 3.8) is 0 Å². The molecule has 0 radical (unpaired) electrons. The number of rotatable bonds is 1. The van der Waals surface area contributed by atoms with Crippen LogP contribution in [-0.2, 0) is 0 Å². The van der Waals surface area contributed by atoms with Crippen LogP contribution in [0.25, 0.3) is 16.9 Å². The zero-order valence-corrected chi connectivity index (χ0v) is 9.89. The van der Waals surface area contributed by atoms with Gasteiger partial charge in [0, 0.05) is 24.2 Å². The summed E-state index contributed by atoms with van der Waals surface area (Å²) in [6, 6.07) is 5.76. The van der Waals surface area contributed by atoms with Gasteiger partial charge in [0.25, 0.3) is 0 Å². The number of halogens is 1. The fourth-order valence-electron chi connectivity index (χ4n) is 1.76. The quantitative estimate of drug-likeness (QED) is 0.661. The fourth-order valence-corrected chi connectivity index (χ4v) is 1.92. The molecule has 0 saturated heterocycles. The Bertz CT molecular complexity index is 676. The van der Waals surface area contributed by atoms with E-state index in [9.17, 15) is 0 Å². The van der Waals surface area contributed by atoms with Gasteiger partial charge in [0.1, 0.15) is 5.02 Å². The van der Waals surface area contributed by atoms with Gasteiger partial charge < -0.3 is 0 Å². The maximum absolute atomic E-state index is 6.14. The van der Waals surface area contributed by atoms with Crippen LogP contribution in [0.1, 0.15) is 5.69 Å². The molecule has 0 N–H and O–H groups in total. The molecular formula is C12H9ClN4. The first-order chi connectivity index (χ1) is 8.27. The van der Waals surface area contributed by atoms with Crippen molar-refractivity contribution in [2.75, 3.05) is 0 Å². The van der Waals surface area contributed by atoms with Crippen molar-refractivity contribution in [3.05, 3.63) is 47.5 Å². The zero-order chi connectivity index (χ0) is 11.8. The Morgan fingerprint density at radius 1 is 1.24 bits per heavy atom. The predicted octanol–water partition coefficient (Wildman–Crippen LogP) is 2.75. The van der Waals surface area contributed by atoms with Gasteiger partial charge >= 0.3 is 0 Å². The van der Waals surface area contributed by atoms with Crippen LogP contribution < -0.4 is 0 Å². The topological polar surface area (TPSA) is 43.1 Å². The minimum absolute atomic E-state index is 0.593. The Morgan fingerprint density at radius 2 is 2.12 bits per heavy atom. The van der Waals surface area contributed by atoms with Gasteiger partial charge in [0.15, 0.2) is 5.65 Å². The lowest BCUT2D eigenvalue weighted by Gasteiger charge is -2.03. The first-order valence-corrected chi connectivity index (χ1v) is 5.55. The second-order valence-corrected chi connectivity index (χ2v) is 4.08. The number of hydrogen-bond acceptors (Lipinski definition) is 3. The average molecular weight is 245 g/mol. The number of aryl methyl sites for hydroxylation is 1. The highest BCUT2D eigenvalue weighted by molar-refractivity contribution is 6.34. The predicted molar refractivity (Wildman–Crippen MR) is 66.0 cm³/mol. The summed E-state index contributed by atoms with van der Waals surface area (Å²) >= 11 is 6.14. The maximum Gasteiger partial charge on any atom is 0.174 e. The van der Waals surface area contributed by atoms with Crippen molar-refractivity contribution >= 4 is 17.2 Å². The molecule has 3 aromatic heterocycles. The Kier molecular flexibility index (Phi) is 2.30. The zero-order valence-electron chi connectivity index (χ0n) is 9.13. The number of pyridine rings is 1. The fraction of sp³-hybridized carbons (Fsp3) is 0.0833. The highest BCUT2D eigenvalue weighted by Gasteiger charge is 2.11. The average Bonchev–Trinajstić information content (AvgIpc) is 2.67. The monoisotopic (exact) mass is 244 g/mol. The number of hydrogen-bond donors (Lipinski definition) is 0. The van der Waals surface area contributed by atoms with Gasteiger partial charge in [-0.2, -0.15) is 5.10 Å². The van der Waals surface area contributed by atoms with E-state index in [0.717, 1.165) is 17.0 Å². The molecular weight excluding hydrogens is 236 g/mol. The van der Waals surface area contributed by atoms with Crippen molar-refractivity contribution in [1.82, 2.24) is 19.6 Å². The van der Waals surface area contributed by atoms with Gasteiger partial charge in [-0.15, -0.1) is 0 Å². The van der Waals surface area contributed by atoms with Crippen molar-refractivity contribution in [2.24, 2.45) is 0 Å². The van der Waals surface area contributed by atoms with Crippen molar-refractivity contribution in [1.29, 1.82) is 0 Å². The molecule has 5 heteroatoms. The maximum atomic E-state index is 6.14. The molecule has 0 unspecified atom stereocenters. The Morgan fingerprint density at radius 3 is 2.88 bits per heavy atom. The lowest BCUT2D eigenvalue weighted by Crippen LogP contribution is -1.95. The minimum Gasteiger partial charge on any atom is -0.264 e. The second-order valence-electron chi connectivity index (χ2n) is 3.71. The van der Waals surface area contributed by atoms with E-state index in [2.05, 4.69) is 15.1 Å². The van der Waals surface area contributed by atoms with E-state index in [1.54, 1.807) is 23.1 Å². The van der Waals surface area contributed by atoms with Gasteiger partial charge in [-0.3, -0.25) is 4.98 Å². The summed E-state index contributed by atoms with van der Waals surface area (Å²) in [7, 11) is 0. The van der Waals surface area contributed by atoms with Gasteiger partial charge in [0.05, 0.1) is 11.4 Å². The molecule has 0 atom stereocenters. The standard InChI is InChI=1S/C12H9ClN4/c1-8-11(13)12-15-6-4-10(17(12)16-8)9-3-2-5-14-7-9/h2-7H,1H3. The van der Waals surface area contributed by atoms with E-state index in [1.165, 1.54) is 0 Å². The molecule has 0 bridgehead atoms. The third-order valence-corrected chi connectivity index (χ3v) is 3.02. The summed E-state index contributed by atoms with van der Waals surface area (Å²) in [5.41, 5.74) is 3.36. The van der Waals surface area contributed by atoms with E-state index >= 15 is 0 Å². The summed E-state index contributed by atoms with van der Waals surface area (Å²) < 4.78 is 1.74. The third-order valence-electron chi connectivity index (χ3n) is 2.58. The van der Waals surface area contributed by atoms with Crippen LogP contribution in [0, 0.1) is 6.92 Å². The van der Waals surface area contributed by atoms with Gasteiger partial charge in [-0.25, -0.2) is 9.50 Å². The molecule has 0 saturated carbocycles. The smallest absolute Gasteiger partial charge is 0.174 e. The lowest BCUT2D eigenvalue weighted by molar-refractivity contribution is 0.924. The number of nitrogens with zero attached hydrogens (tertiary/aromatic N) is 4. The summed E-state index contributed by atoms with van der Waals surface area (Å²) in [5.74, 6) is 0. The van der Waals surface area contributed by atoms with Crippen LogP contribution >= 0.6 is 11.6 Å². The molecule has 84 valence electrons. The minimum atomic E-state index is 0.593. The van der Waals surface area contributed by atoms with Crippen LogP contribution in [-0.4, -0.2) is 19.6 Å². The van der Waals surface area contributed by atoms with E-state index in [4.69, 9.17) is 11.6 Å². The number of fused-ring (bicyclic) bond motifs is 1. The van der Waals surface area contributed by atoms with Crippen LogP contribution in [0.5, 0.6) is 0 Å². The Balaban J connectivity index is 2.35. The van der Waals surface area contributed by atoms with Crippen LogP contribution in [0.2, 0.25) is 5.02 Å². The third kappa shape index (κ3) is 1.57. The van der Waals surface area contributed by atoms with Crippen LogP contribution in [0.4, 0.5) is 0 Å². The van der Waals surface area contributed by atoms with Gasteiger partial charge in [-0.05, 0) is 25.1 Å². The largest absolute Gasteiger partial charge is 0.264 e. The molecule has 4 nitrogen and oxygen atoms in total. The van der Waals surface area contributed by atoms with E-state index in [0.29, 0.717) is 10.7 Å². The highest BCUT2D eigenvalue weighted by Crippen LogP contribution is 2.24. The summed E-state index contributed by atoms with van der Waals surface area (Å²) in [4.78, 5) is 8.34. The Labute approximate surface area is 103 Å². The number of aromatic nitrogens is 4. The van der Waals surface area contributed by atoms with Gasteiger partial charge in [0.2, 0.25) is 0 Å². The lowest BCUT2D eigenvalue weighted by atomic mass is 10.2. The summed E-state index contributed by atoms with van der Waals surface area (Å²) in [6.07, 6.45) is 5.26.